The average Bonchev–Trinajstić information content (AvgIpc) is 2.91. The lowest BCUT2D eigenvalue weighted by Crippen LogP contribution is -2.32. The van der Waals surface area contributed by atoms with Crippen LogP contribution in [0.15, 0.2) is 0 Å². The van der Waals surface area contributed by atoms with Crippen LogP contribution in [0.25, 0.3) is 0 Å². The number of carbonyl (C=O) groups is 1. The van der Waals surface area contributed by atoms with Crippen molar-refractivity contribution in [3.05, 3.63) is 0 Å². The Morgan fingerprint density at radius 3 is 1.26 bits per heavy atom. The topological polar surface area (TPSA) is 49.8 Å². The van der Waals surface area contributed by atoms with Crippen LogP contribution in [0.1, 0.15) is 181 Å². The van der Waals surface area contributed by atoms with Gasteiger partial charge in [0.1, 0.15) is 6.61 Å². The number of rotatable bonds is 32. The lowest BCUT2D eigenvalue weighted by atomic mass is 10.0. The molecule has 0 aliphatic heterocycles. The molecule has 0 saturated heterocycles. The number of carbonyl (C=O) groups excluding carboxylic acids is 1. The molecular formula is C34H69NO3. The Balaban J connectivity index is 3.50. The average molecular weight is 540 g/mol. The smallest absolute Gasteiger partial charge is 0.305 e. The fourth-order valence-corrected chi connectivity index (χ4v) is 5.30. The normalized spacial score (nSPS) is 11.5. The first-order valence-corrected chi connectivity index (χ1v) is 17.2. The van der Waals surface area contributed by atoms with Crippen molar-refractivity contribution in [2.45, 2.75) is 181 Å². The van der Waals surface area contributed by atoms with Gasteiger partial charge < -0.3 is 9.84 Å². The van der Waals surface area contributed by atoms with E-state index in [1.165, 1.54) is 148 Å². The van der Waals surface area contributed by atoms with Crippen LogP contribution in [0.3, 0.4) is 0 Å². The summed E-state index contributed by atoms with van der Waals surface area (Å²) in [5, 5.41) is 9.38. The Morgan fingerprint density at radius 2 is 0.868 bits per heavy atom. The molecule has 0 bridgehead atoms. The van der Waals surface area contributed by atoms with Crippen molar-refractivity contribution < 1.29 is 14.6 Å². The van der Waals surface area contributed by atoms with Crippen molar-refractivity contribution in [3.8, 4) is 0 Å². The second kappa shape index (κ2) is 32.6. The summed E-state index contributed by atoms with van der Waals surface area (Å²) in [5.41, 5.74) is 0. The molecule has 1 N–H and O–H groups in total. The summed E-state index contributed by atoms with van der Waals surface area (Å²) >= 11 is 0. The molecule has 0 saturated carbocycles. The van der Waals surface area contributed by atoms with E-state index in [4.69, 9.17) is 4.74 Å². The summed E-state index contributed by atoms with van der Waals surface area (Å²) in [6.45, 7) is 7.59. The third-order valence-corrected chi connectivity index (χ3v) is 7.90. The summed E-state index contributed by atoms with van der Waals surface area (Å²) < 4.78 is 5.48. The van der Waals surface area contributed by atoms with Crippen LogP contribution in [0.4, 0.5) is 0 Å². The number of esters is 1. The summed E-state index contributed by atoms with van der Waals surface area (Å²) in [5.74, 6) is -0.0537. The van der Waals surface area contributed by atoms with Crippen LogP contribution in [0.2, 0.25) is 0 Å². The van der Waals surface area contributed by atoms with E-state index in [9.17, 15) is 9.90 Å². The van der Waals surface area contributed by atoms with Gasteiger partial charge in [-0.1, -0.05) is 162 Å². The fraction of sp³-hybridized carbons (Fsp3) is 0.971. The number of ether oxygens (including phenoxy) is 1. The van der Waals surface area contributed by atoms with Gasteiger partial charge in [0, 0.05) is 19.5 Å². The van der Waals surface area contributed by atoms with Gasteiger partial charge in [0.15, 0.2) is 0 Å². The van der Waals surface area contributed by atoms with Crippen molar-refractivity contribution in [2.24, 2.45) is 0 Å². The third kappa shape index (κ3) is 29.9. The Labute approximate surface area is 239 Å². The summed E-state index contributed by atoms with van der Waals surface area (Å²) in [4.78, 5) is 14.3. The van der Waals surface area contributed by atoms with Gasteiger partial charge in [-0.05, 0) is 19.4 Å². The molecule has 0 unspecified atom stereocenters. The van der Waals surface area contributed by atoms with Gasteiger partial charge >= 0.3 is 5.97 Å². The number of hydrogen-bond donors (Lipinski definition) is 1. The highest BCUT2D eigenvalue weighted by atomic mass is 16.5. The molecule has 0 aliphatic carbocycles. The van der Waals surface area contributed by atoms with Crippen molar-refractivity contribution in [2.75, 3.05) is 32.8 Å². The van der Waals surface area contributed by atoms with E-state index in [1.54, 1.807) is 0 Å². The molecule has 0 aromatic heterocycles. The Morgan fingerprint density at radius 1 is 0.500 bits per heavy atom. The standard InChI is InChI=1S/C34H69NO3/c1-3-5-7-9-11-13-15-17-19-21-23-25-27-29-35(30-32-36)31-33-38-34(37)28-26-24-22-20-18-16-14-12-10-8-6-4-2/h36H,3-33H2,1-2H3. The zero-order chi connectivity index (χ0) is 27.8. The predicted octanol–water partition coefficient (Wildman–Crippen LogP) is 10.0. The van der Waals surface area contributed by atoms with E-state index in [-0.39, 0.29) is 12.6 Å². The van der Waals surface area contributed by atoms with E-state index in [1.807, 2.05) is 0 Å². The van der Waals surface area contributed by atoms with E-state index in [0.29, 0.717) is 19.6 Å². The quantitative estimate of drug-likeness (QED) is 0.0682. The van der Waals surface area contributed by atoms with Crippen LogP contribution in [-0.2, 0) is 9.53 Å². The van der Waals surface area contributed by atoms with E-state index in [0.717, 1.165) is 25.9 Å². The number of hydrogen-bond acceptors (Lipinski definition) is 4. The zero-order valence-electron chi connectivity index (χ0n) is 26.1. The highest BCUT2D eigenvalue weighted by molar-refractivity contribution is 5.69. The monoisotopic (exact) mass is 540 g/mol. The largest absolute Gasteiger partial charge is 0.464 e. The molecule has 0 heterocycles. The van der Waals surface area contributed by atoms with Gasteiger partial charge in [0.2, 0.25) is 0 Å². The molecule has 0 rings (SSSR count). The molecule has 4 heteroatoms. The van der Waals surface area contributed by atoms with E-state index >= 15 is 0 Å². The molecule has 0 aliphatic rings. The van der Waals surface area contributed by atoms with E-state index < -0.39 is 0 Å². The van der Waals surface area contributed by atoms with Gasteiger partial charge in [-0.2, -0.15) is 0 Å². The van der Waals surface area contributed by atoms with E-state index in [2.05, 4.69) is 18.7 Å². The maximum Gasteiger partial charge on any atom is 0.305 e. The summed E-state index contributed by atoms with van der Waals surface area (Å²) in [6.07, 6.45) is 34.0. The molecule has 0 amide bonds. The van der Waals surface area contributed by atoms with Crippen LogP contribution >= 0.6 is 0 Å². The number of unbranched alkanes of at least 4 members (excludes halogenated alkanes) is 23. The number of nitrogens with zero attached hydrogens (tertiary/aromatic N) is 1. The molecular weight excluding hydrogens is 470 g/mol. The maximum atomic E-state index is 12.1. The number of aliphatic hydroxyl groups is 1. The van der Waals surface area contributed by atoms with Gasteiger partial charge in [-0.3, -0.25) is 9.69 Å². The molecule has 0 aromatic rings. The van der Waals surface area contributed by atoms with Crippen molar-refractivity contribution >= 4 is 5.97 Å². The van der Waals surface area contributed by atoms with Gasteiger partial charge in [-0.15, -0.1) is 0 Å². The molecule has 0 spiro atoms. The first kappa shape index (κ1) is 37.4. The fourth-order valence-electron chi connectivity index (χ4n) is 5.30. The predicted molar refractivity (Wildman–Crippen MR) is 166 cm³/mol. The second-order valence-corrected chi connectivity index (χ2v) is 11.7. The zero-order valence-corrected chi connectivity index (χ0v) is 26.1. The van der Waals surface area contributed by atoms with Crippen molar-refractivity contribution in [1.29, 1.82) is 0 Å². The number of aliphatic hydroxyl groups excluding tert-OH is 1. The van der Waals surface area contributed by atoms with Gasteiger partial charge in [-0.25, -0.2) is 0 Å². The molecule has 228 valence electrons. The van der Waals surface area contributed by atoms with Crippen molar-refractivity contribution in [3.63, 3.8) is 0 Å². The maximum absolute atomic E-state index is 12.1. The van der Waals surface area contributed by atoms with Gasteiger partial charge in [0.25, 0.3) is 0 Å². The van der Waals surface area contributed by atoms with Gasteiger partial charge in [0.05, 0.1) is 6.61 Å². The summed E-state index contributed by atoms with van der Waals surface area (Å²) in [6, 6.07) is 0. The Bertz CT molecular complexity index is 457. The highest BCUT2D eigenvalue weighted by Gasteiger charge is 2.07. The molecule has 4 nitrogen and oxygen atoms in total. The third-order valence-electron chi connectivity index (χ3n) is 7.90. The van der Waals surface area contributed by atoms with Crippen molar-refractivity contribution in [1.82, 2.24) is 4.90 Å². The van der Waals surface area contributed by atoms with Crippen LogP contribution in [-0.4, -0.2) is 48.8 Å². The SMILES string of the molecule is CCCCCCCCCCCCCCCN(CCO)CCOC(=O)CCCCCCCCCCCCCC. The lowest BCUT2D eigenvalue weighted by molar-refractivity contribution is -0.144. The van der Waals surface area contributed by atoms with Crippen LogP contribution in [0.5, 0.6) is 0 Å². The Kier molecular flexibility index (Phi) is 32.1. The molecule has 0 fully saturated rings. The first-order chi connectivity index (χ1) is 18.7. The molecule has 0 atom stereocenters. The van der Waals surface area contributed by atoms with Crippen LogP contribution < -0.4 is 0 Å². The molecule has 38 heavy (non-hydrogen) atoms. The van der Waals surface area contributed by atoms with Crippen LogP contribution in [0, 0.1) is 0 Å². The minimum absolute atomic E-state index is 0.0537. The lowest BCUT2D eigenvalue weighted by Gasteiger charge is -2.21. The molecule has 0 radical (unpaired) electrons. The minimum atomic E-state index is -0.0537. The Hall–Kier alpha value is -0.610. The minimum Gasteiger partial charge on any atom is -0.464 e. The second-order valence-electron chi connectivity index (χ2n) is 11.7. The summed E-state index contributed by atoms with van der Waals surface area (Å²) in [7, 11) is 0. The highest BCUT2D eigenvalue weighted by Crippen LogP contribution is 2.14. The molecule has 0 aromatic carbocycles. The first-order valence-electron chi connectivity index (χ1n) is 17.2.